The molecule has 2 aliphatic carbocycles. The first-order valence-corrected chi connectivity index (χ1v) is 8.16. The minimum Gasteiger partial charge on any atom is -0.491 e. The van der Waals surface area contributed by atoms with Crippen molar-refractivity contribution in [3.05, 3.63) is 29.8 Å². The summed E-state index contributed by atoms with van der Waals surface area (Å²) in [5.74, 6) is 3.28. The van der Waals surface area contributed by atoms with E-state index < -0.39 is 6.10 Å². The van der Waals surface area contributed by atoms with E-state index in [0.29, 0.717) is 19.1 Å². The predicted octanol–water partition coefficient (Wildman–Crippen LogP) is 3.57. The zero-order valence-corrected chi connectivity index (χ0v) is 12.8. The summed E-state index contributed by atoms with van der Waals surface area (Å²) in [6.07, 6.45) is 5.96. The zero-order valence-electron chi connectivity index (χ0n) is 12.8. The maximum absolute atomic E-state index is 10.6. The molecule has 21 heavy (non-hydrogen) atoms. The summed E-state index contributed by atoms with van der Waals surface area (Å²) < 4.78 is 10.8. The Hall–Kier alpha value is -1.06. The molecule has 2 saturated carbocycles. The van der Waals surface area contributed by atoms with Gasteiger partial charge in [-0.3, -0.25) is 0 Å². The lowest BCUT2D eigenvalue weighted by Crippen LogP contribution is -2.15. The summed E-state index contributed by atoms with van der Waals surface area (Å²) in [5.41, 5.74) is 0.927. The van der Waals surface area contributed by atoms with E-state index in [-0.39, 0.29) is 0 Å². The molecule has 2 fully saturated rings. The number of benzene rings is 1. The van der Waals surface area contributed by atoms with Gasteiger partial charge in [-0.2, -0.15) is 0 Å². The van der Waals surface area contributed by atoms with Crippen LogP contribution in [0.15, 0.2) is 24.3 Å². The van der Waals surface area contributed by atoms with Crippen molar-refractivity contribution >= 4 is 0 Å². The minimum absolute atomic E-state index is 0.409. The van der Waals surface area contributed by atoms with Gasteiger partial charge < -0.3 is 14.6 Å². The van der Waals surface area contributed by atoms with Crippen molar-refractivity contribution in [3.63, 3.8) is 0 Å². The van der Waals surface area contributed by atoms with Gasteiger partial charge in [-0.15, -0.1) is 0 Å². The zero-order chi connectivity index (χ0) is 14.7. The first-order valence-electron chi connectivity index (χ1n) is 8.16. The monoisotopic (exact) mass is 290 g/mol. The second kappa shape index (κ2) is 6.80. The van der Waals surface area contributed by atoms with Crippen LogP contribution in [0.4, 0.5) is 0 Å². The van der Waals surface area contributed by atoms with E-state index in [1.807, 2.05) is 24.3 Å². The van der Waals surface area contributed by atoms with Crippen LogP contribution < -0.4 is 4.74 Å². The third-order valence-electron chi connectivity index (χ3n) is 5.23. The van der Waals surface area contributed by atoms with Crippen molar-refractivity contribution in [2.24, 2.45) is 17.8 Å². The van der Waals surface area contributed by atoms with Gasteiger partial charge in [0.25, 0.3) is 0 Å². The van der Waals surface area contributed by atoms with Crippen LogP contribution in [0.3, 0.4) is 0 Å². The Morgan fingerprint density at radius 1 is 1.19 bits per heavy atom. The van der Waals surface area contributed by atoms with E-state index in [4.69, 9.17) is 9.47 Å². The van der Waals surface area contributed by atoms with Crippen LogP contribution >= 0.6 is 0 Å². The number of para-hydroxylation sites is 1. The fourth-order valence-electron chi connectivity index (χ4n) is 4.20. The molecule has 4 atom stereocenters. The average molecular weight is 290 g/mol. The highest BCUT2D eigenvalue weighted by molar-refractivity contribution is 5.35. The summed E-state index contributed by atoms with van der Waals surface area (Å²) in [5, 5.41) is 10.6. The molecule has 116 valence electrons. The standard InChI is InChI=1S/C18H26O3/c1-20-8-9-21-18-5-3-2-4-16(18)17(19)12-15-11-13-6-7-14(15)10-13/h2-5,13-15,17,19H,6-12H2,1H3. The molecule has 0 amide bonds. The van der Waals surface area contributed by atoms with Gasteiger partial charge >= 0.3 is 0 Å². The van der Waals surface area contributed by atoms with E-state index in [2.05, 4.69) is 0 Å². The number of methoxy groups -OCH3 is 1. The number of hydrogen-bond acceptors (Lipinski definition) is 3. The highest BCUT2D eigenvalue weighted by atomic mass is 16.5. The molecule has 3 nitrogen and oxygen atoms in total. The minimum atomic E-state index is -0.409. The van der Waals surface area contributed by atoms with Gasteiger partial charge in [0.15, 0.2) is 0 Å². The number of aliphatic hydroxyl groups is 1. The topological polar surface area (TPSA) is 38.7 Å². The van der Waals surface area contributed by atoms with Crippen LogP contribution in [0.5, 0.6) is 5.75 Å². The molecular weight excluding hydrogens is 264 g/mol. The number of aliphatic hydroxyl groups excluding tert-OH is 1. The van der Waals surface area contributed by atoms with Crippen molar-refractivity contribution in [1.82, 2.24) is 0 Å². The molecule has 3 heteroatoms. The average Bonchev–Trinajstić information content (AvgIpc) is 3.10. The summed E-state index contributed by atoms with van der Waals surface area (Å²) >= 11 is 0. The molecule has 2 aliphatic rings. The summed E-state index contributed by atoms with van der Waals surface area (Å²) in [6, 6.07) is 7.85. The van der Waals surface area contributed by atoms with Crippen molar-refractivity contribution < 1.29 is 14.6 Å². The number of fused-ring (bicyclic) bond motifs is 2. The smallest absolute Gasteiger partial charge is 0.125 e. The van der Waals surface area contributed by atoms with E-state index in [1.165, 1.54) is 25.7 Å². The number of ether oxygens (including phenoxy) is 2. The van der Waals surface area contributed by atoms with Gasteiger partial charge in [-0.1, -0.05) is 24.6 Å². The highest BCUT2D eigenvalue weighted by Gasteiger charge is 2.40. The first kappa shape index (κ1) is 14.9. The summed E-state index contributed by atoms with van der Waals surface area (Å²) in [6.45, 7) is 1.09. The normalized spacial score (nSPS) is 28.8. The lowest BCUT2D eigenvalue weighted by molar-refractivity contribution is 0.116. The summed E-state index contributed by atoms with van der Waals surface area (Å²) in [7, 11) is 1.67. The van der Waals surface area contributed by atoms with Gasteiger partial charge in [0.2, 0.25) is 0 Å². The molecule has 0 radical (unpaired) electrons. The third kappa shape index (κ3) is 3.41. The first-order chi connectivity index (χ1) is 10.3. The Morgan fingerprint density at radius 3 is 2.76 bits per heavy atom. The molecule has 0 spiro atoms. The lowest BCUT2D eigenvalue weighted by Gasteiger charge is -2.25. The van der Waals surface area contributed by atoms with Crippen LogP contribution in [-0.4, -0.2) is 25.4 Å². The van der Waals surface area contributed by atoms with Crippen LogP contribution in [0.2, 0.25) is 0 Å². The fraction of sp³-hybridized carbons (Fsp3) is 0.667. The number of rotatable bonds is 7. The molecule has 3 rings (SSSR count). The van der Waals surface area contributed by atoms with Gasteiger partial charge in [-0.05, 0) is 49.5 Å². The third-order valence-corrected chi connectivity index (χ3v) is 5.23. The quantitative estimate of drug-likeness (QED) is 0.780. The van der Waals surface area contributed by atoms with E-state index in [0.717, 1.165) is 29.6 Å². The summed E-state index contributed by atoms with van der Waals surface area (Å²) in [4.78, 5) is 0. The van der Waals surface area contributed by atoms with E-state index in [9.17, 15) is 5.11 Å². The largest absolute Gasteiger partial charge is 0.491 e. The Morgan fingerprint density at radius 2 is 2.05 bits per heavy atom. The van der Waals surface area contributed by atoms with Gasteiger partial charge in [-0.25, -0.2) is 0 Å². The second-order valence-electron chi connectivity index (χ2n) is 6.57. The van der Waals surface area contributed by atoms with E-state index >= 15 is 0 Å². The maximum atomic E-state index is 10.6. The molecule has 4 unspecified atom stereocenters. The molecule has 0 heterocycles. The molecule has 1 aromatic carbocycles. The maximum Gasteiger partial charge on any atom is 0.125 e. The van der Waals surface area contributed by atoms with Crippen LogP contribution in [0.25, 0.3) is 0 Å². The Balaban J connectivity index is 1.62. The van der Waals surface area contributed by atoms with Gasteiger partial charge in [0, 0.05) is 12.7 Å². The molecule has 0 aromatic heterocycles. The Bertz CT molecular complexity index is 460. The Labute approximate surface area is 127 Å². The van der Waals surface area contributed by atoms with Crippen molar-refractivity contribution in [2.45, 2.75) is 38.2 Å². The van der Waals surface area contributed by atoms with Gasteiger partial charge in [0.05, 0.1) is 12.7 Å². The SMILES string of the molecule is COCCOc1ccccc1C(O)CC1CC2CCC1C2. The molecule has 0 saturated heterocycles. The Kier molecular flexibility index (Phi) is 4.81. The molecule has 2 bridgehead atoms. The predicted molar refractivity (Wildman–Crippen MR) is 82.3 cm³/mol. The highest BCUT2D eigenvalue weighted by Crippen LogP contribution is 2.51. The lowest BCUT2D eigenvalue weighted by atomic mass is 9.83. The van der Waals surface area contributed by atoms with E-state index in [1.54, 1.807) is 7.11 Å². The van der Waals surface area contributed by atoms with Crippen molar-refractivity contribution in [3.8, 4) is 5.75 Å². The van der Waals surface area contributed by atoms with Crippen LogP contribution in [-0.2, 0) is 4.74 Å². The van der Waals surface area contributed by atoms with Crippen molar-refractivity contribution in [1.29, 1.82) is 0 Å². The second-order valence-corrected chi connectivity index (χ2v) is 6.57. The van der Waals surface area contributed by atoms with Crippen LogP contribution in [0, 0.1) is 17.8 Å². The molecule has 0 aliphatic heterocycles. The number of hydrogen-bond donors (Lipinski definition) is 1. The molecule has 1 aromatic rings. The fourth-order valence-corrected chi connectivity index (χ4v) is 4.20. The molecule has 1 N–H and O–H groups in total. The van der Waals surface area contributed by atoms with Crippen LogP contribution in [0.1, 0.15) is 43.8 Å². The van der Waals surface area contributed by atoms with Crippen molar-refractivity contribution in [2.75, 3.05) is 20.3 Å². The molecular formula is C18H26O3. The van der Waals surface area contributed by atoms with Gasteiger partial charge in [0.1, 0.15) is 12.4 Å².